The van der Waals surface area contributed by atoms with E-state index in [9.17, 15) is 9.18 Å². The number of hydrogen-bond acceptors (Lipinski definition) is 3. The predicted octanol–water partition coefficient (Wildman–Crippen LogP) is 3.21. The number of hydrogen-bond donors (Lipinski definition) is 2. The van der Waals surface area contributed by atoms with Crippen LogP contribution >= 0.6 is 0 Å². The zero-order valence-electron chi connectivity index (χ0n) is 12.7. The summed E-state index contributed by atoms with van der Waals surface area (Å²) < 4.78 is 14.1. The summed E-state index contributed by atoms with van der Waals surface area (Å²) in [7, 11) is 0. The van der Waals surface area contributed by atoms with Crippen LogP contribution in [0.4, 0.5) is 10.2 Å². The molecule has 1 aromatic rings. The lowest BCUT2D eigenvalue weighted by atomic mass is 9.92. The molecule has 1 heterocycles. The number of halogens is 1. The van der Waals surface area contributed by atoms with Crippen molar-refractivity contribution >= 4 is 11.7 Å². The normalized spacial score (nSPS) is 11.2. The van der Waals surface area contributed by atoms with E-state index in [1.54, 1.807) is 0 Å². The lowest BCUT2D eigenvalue weighted by molar-refractivity contribution is 0.0945. The topological polar surface area (TPSA) is 54.0 Å². The summed E-state index contributed by atoms with van der Waals surface area (Å²) in [5.41, 5.74) is 0.172. The third-order valence-electron chi connectivity index (χ3n) is 2.84. The molecular weight excluding hydrogens is 257 g/mol. The molecule has 0 atom stereocenters. The van der Waals surface area contributed by atoms with Gasteiger partial charge in [0.1, 0.15) is 0 Å². The Morgan fingerprint density at radius 3 is 2.65 bits per heavy atom. The lowest BCUT2D eigenvalue weighted by Gasteiger charge is -2.18. The van der Waals surface area contributed by atoms with Crippen LogP contribution in [-0.2, 0) is 0 Å². The van der Waals surface area contributed by atoms with Crippen LogP contribution in [0.3, 0.4) is 0 Å². The fourth-order valence-corrected chi connectivity index (χ4v) is 1.63. The van der Waals surface area contributed by atoms with Crippen molar-refractivity contribution < 1.29 is 9.18 Å². The van der Waals surface area contributed by atoms with Gasteiger partial charge in [-0.15, -0.1) is 0 Å². The Labute approximate surface area is 120 Å². The van der Waals surface area contributed by atoms with Crippen LogP contribution in [0, 0.1) is 11.2 Å². The number of pyridine rings is 1. The van der Waals surface area contributed by atoms with Gasteiger partial charge in [0.2, 0.25) is 0 Å². The largest absolute Gasteiger partial charge is 0.368 e. The smallest absolute Gasteiger partial charge is 0.254 e. The number of rotatable bonds is 6. The molecule has 0 saturated carbocycles. The number of nitrogens with zero attached hydrogens (tertiary/aromatic N) is 1. The van der Waals surface area contributed by atoms with Crippen LogP contribution in [0.15, 0.2) is 12.3 Å². The molecule has 0 spiro atoms. The van der Waals surface area contributed by atoms with Crippen LogP contribution in [-0.4, -0.2) is 24.0 Å². The molecule has 0 aliphatic rings. The summed E-state index contributed by atoms with van der Waals surface area (Å²) in [6.07, 6.45) is 3.15. The summed E-state index contributed by atoms with van der Waals surface area (Å²) in [5, 5.41) is 5.62. The first-order chi connectivity index (χ1) is 9.35. The summed E-state index contributed by atoms with van der Waals surface area (Å²) >= 11 is 0. The van der Waals surface area contributed by atoms with Crippen molar-refractivity contribution in [3.8, 4) is 0 Å². The summed E-state index contributed by atoms with van der Waals surface area (Å²) in [5.74, 6) is -0.849. The Bertz CT molecular complexity index is 455. The van der Waals surface area contributed by atoms with Crippen LogP contribution in [0.1, 0.15) is 50.9 Å². The molecule has 0 aliphatic heterocycles. The number of carbonyl (C=O) groups is 1. The number of anilines is 1. The maximum atomic E-state index is 14.1. The fourth-order valence-electron chi connectivity index (χ4n) is 1.63. The van der Waals surface area contributed by atoms with Gasteiger partial charge >= 0.3 is 0 Å². The molecule has 20 heavy (non-hydrogen) atoms. The fraction of sp³-hybridized carbons (Fsp3) is 0.600. The summed E-state index contributed by atoms with van der Waals surface area (Å²) in [6, 6.07) is 1.40. The predicted molar refractivity (Wildman–Crippen MR) is 79.4 cm³/mol. The van der Waals surface area contributed by atoms with E-state index in [1.807, 2.05) is 6.92 Å². The first-order valence-corrected chi connectivity index (χ1v) is 7.01. The van der Waals surface area contributed by atoms with E-state index in [-0.39, 0.29) is 16.8 Å². The lowest BCUT2D eigenvalue weighted by Crippen LogP contribution is -2.28. The van der Waals surface area contributed by atoms with Gasteiger partial charge in [0, 0.05) is 19.3 Å². The van der Waals surface area contributed by atoms with E-state index in [0.717, 1.165) is 12.8 Å². The SMILES string of the molecule is CCCNc1nccc(C(=O)NCCC(C)(C)C)c1F. The van der Waals surface area contributed by atoms with Gasteiger partial charge in [-0.2, -0.15) is 0 Å². The average Bonchev–Trinajstić information content (AvgIpc) is 2.36. The molecule has 0 saturated heterocycles. The molecule has 0 fully saturated rings. The molecule has 0 radical (unpaired) electrons. The van der Waals surface area contributed by atoms with Gasteiger partial charge in [-0.1, -0.05) is 27.7 Å². The molecule has 0 bridgehead atoms. The van der Waals surface area contributed by atoms with E-state index in [2.05, 4.69) is 36.4 Å². The minimum Gasteiger partial charge on any atom is -0.368 e. The average molecular weight is 281 g/mol. The standard InChI is InChI=1S/C15H24FN3O/c1-5-8-17-13-12(16)11(6-9-18-13)14(20)19-10-7-15(2,3)4/h6,9H,5,7-8,10H2,1-4H3,(H,17,18)(H,19,20). The van der Waals surface area contributed by atoms with Crippen LogP contribution in [0.5, 0.6) is 0 Å². The first kappa shape index (κ1) is 16.4. The van der Waals surface area contributed by atoms with E-state index in [0.29, 0.717) is 13.1 Å². The van der Waals surface area contributed by atoms with Gasteiger partial charge in [-0.25, -0.2) is 9.37 Å². The van der Waals surface area contributed by atoms with E-state index in [4.69, 9.17) is 0 Å². The molecule has 4 nitrogen and oxygen atoms in total. The van der Waals surface area contributed by atoms with E-state index < -0.39 is 11.7 Å². The maximum Gasteiger partial charge on any atom is 0.254 e. The second-order valence-electron chi connectivity index (χ2n) is 6.01. The third kappa shape index (κ3) is 5.15. The molecule has 0 aliphatic carbocycles. The first-order valence-electron chi connectivity index (χ1n) is 7.01. The quantitative estimate of drug-likeness (QED) is 0.842. The van der Waals surface area contributed by atoms with Gasteiger partial charge in [-0.3, -0.25) is 4.79 Å². The highest BCUT2D eigenvalue weighted by molar-refractivity contribution is 5.95. The summed E-state index contributed by atoms with van der Waals surface area (Å²) in [6.45, 7) is 9.42. The second-order valence-corrected chi connectivity index (χ2v) is 6.01. The van der Waals surface area contributed by atoms with Gasteiger partial charge in [0.05, 0.1) is 5.56 Å². The van der Waals surface area contributed by atoms with Gasteiger partial charge in [-0.05, 0) is 24.3 Å². The Kier molecular flexibility index (Phi) is 5.92. The van der Waals surface area contributed by atoms with Crippen molar-refractivity contribution in [2.75, 3.05) is 18.4 Å². The van der Waals surface area contributed by atoms with Crippen molar-refractivity contribution in [2.45, 2.75) is 40.5 Å². The molecule has 1 amide bonds. The Morgan fingerprint density at radius 2 is 2.05 bits per heavy atom. The maximum absolute atomic E-state index is 14.1. The minimum atomic E-state index is -0.589. The Hall–Kier alpha value is -1.65. The highest BCUT2D eigenvalue weighted by atomic mass is 19.1. The molecule has 2 N–H and O–H groups in total. The van der Waals surface area contributed by atoms with Crippen LogP contribution in [0.2, 0.25) is 0 Å². The van der Waals surface area contributed by atoms with Gasteiger partial charge in [0.15, 0.2) is 11.6 Å². The molecule has 0 aromatic carbocycles. The monoisotopic (exact) mass is 281 g/mol. The zero-order chi connectivity index (χ0) is 15.2. The van der Waals surface area contributed by atoms with E-state index in [1.165, 1.54) is 12.3 Å². The molecule has 5 heteroatoms. The third-order valence-corrected chi connectivity index (χ3v) is 2.84. The van der Waals surface area contributed by atoms with E-state index >= 15 is 0 Å². The highest BCUT2D eigenvalue weighted by Gasteiger charge is 2.16. The molecule has 112 valence electrons. The molecular formula is C15H24FN3O. The van der Waals surface area contributed by atoms with Crippen molar-refractivity contribution in [3.63, 3.8) is 0 Å². The second kappa shape index (κ2) is 7.22. The zero-order valence-corrected chi connectivity index (χ0v) is 12.7. The molecule has 1 aromatic heterocycles. The molecule has 0 unspecified atom stereocenters. The van der Waals surface area contributed by atoms with Crippen molar-refractivity contribution in [3.05, 3.63) is 23.6 Å². The van der Waals surface area contributed by atoms with Crippen molar-refractivity contribution in [2.24, 2.45) is 5.41 Å². The highest BCUT2D eigenvalue weighted by Crippen LogP contribution is 2.18. The van der Waals surface area contributed by atoms with Crippen LogP contribution < -0.4 is 10.6 Å². The number of carbonyl (C=O) groups excluding carboxylic acids is 1. The molecule has 1 rings (SSSR count). The Morgan fingerprint density at radius 1 is 1.35 bits per heavy atom. The minimum absolute atomic E-state index is 0.0347. The van der Waals surface area contributed by atoms with Crippen molar-refractivity contribution in [1.29, 1.82) is 0 Å². The van der Waals surface area contributed by atoms with Gasteiger partial charge in [0.25, 0.3) is 5.91 Å². The number of amides is 1. The Balaban J connectivity index is 2.68. The van der Waals surface area contributed by atoms with Crippen LogP contribution in [0.25, 0.3) is 0 Å². The summed E-state index contributed by atoms with van der Waals surface area (Å²) in [4.78, 5) is 15.9. The number of aromatic nitrogens is 1. The number of nitrogens with one attached hydrogen (secondary N) is 2. The van der Waals surface area contributed by atoms with Gasteiger partial charge < -0.3 is 10.6 Å². The van der Waals surface area contributed by atoms with Crippen molar-refractivity contribution in [1.82, 2.24) is 10.3 Å².